The van der Waals surface area contributed by atoms with Gasteiger partial charge in [-0.05, 0) is 82.3 Å². The van der Waals surface area contributed by atoms with Gasteiger partial charge in [-0.25, -0.2) is 9.78 Å². The Balaban J connectivity index is 1.79. The minimum Gasteiger partial charge on any atom is -0.444 e. The summed E-state index contributed by atoms with van der Waals surface area (Å²) in [6.45, 7) is 8.05. The summed E-state index contributed by atoms with van der Waals surface area (Å²) in [5, 5.41) is 0. The highest BCUT2D eigenvalue weighted by atomic mass is 32.2. The van der Waals surface area contributed by atoms with Crippen molar-refractivity contribution in [3.05, 3.63) is 23.4 Å². The summed E-state index contributed by atoms with van der Waals surface area (Å²) >= 11 is 0. The van der Waals surface area contributed by atoms with Crippen molar-refractivity contribution >= 4 is 16.2 Å². The molecule has 0 radical (unpaired) electrons. The van der Waals surface area contributed by atoms with E-state index in [0.29, 0.717) is 31.0 Å². The highest BCUT2D eigenvalue weighted by Gasteiger charge is 2.59. The van der Waals surface area contributed by atoms with Gasteiger partial charge in [-0.1, -0.05) is 6.92 Å². The summed E-state index contributed by atoms with van der Waals surface area (Å²) in [5.41, 5.74) is -5.69. The quantitative estimate of drug-likeness (QED) is 0.439. The number of carbonyl (C=O) groups is 1. The van der Waals surface area contributed by atoms with Crippen LogP contribution in [-0.2, 0) is 26.8 Å². The second kappa shape index (κ2) is 7.74. The highest BCUT2D eigenvalue weighted by molar-refractivity contribution is 7.87. The monoisotopic (exact) mass is 490 g/mol. The Kier molecular flexibility index (Phi) is 5.66. The maximum Gasteiger partial charge on any atom is 0.534 e. The Morgan fingerprint density at radius 1 is 1.24 bits per heavy atom. The van der Waals surface area contributed by atoms with Crippen molar-refractivity contribution in [2.75, 3.05) is 6.54 Å². The van der Waals surface area contributed by atoms with Gasteiger partial charge < -0.3 is 8.92 Å². The summed E-state index contributed by atoms with van der Waals surface area (Å²) in [7, 11) is -5.82. The van der Waals surface area contributed by atoms with Crippen LogP contribution in [0.1, 0.15) is 64.6 Å². The molecule has 0 unspecified atom stereocenters. The van der Waals surface area contributed by atoms with Gasteiger partial charge in [0.1, 0.15) is 5.60 Å². The van der Waals surface area contributed by atoms with Crippen LogP contribution >= 0.6 is 0 Å². The fourth-order valence-corrected chi connectivity index (χ4v) is 6.44. The van der Waals surface area contributed by atoms with Crippen LogP contribution in [0.5, 0.6) is 5.88 Å². The van der Waals surface area contributed by atoms with Crippen molar-refractivity contribution in [2.45, 2.75) is 76.4 Å². The number of likely N-dealkylation sites (tertiary alicyclic amines) is 1. The molecule has 4 rings (SSSR count). The van der Waals surface area contributed by atoms with Crippen molar-refractivity contribution in [2.24, 2.45) is 17.8 Å². The molecule has 1 aromatic heterocycles. The first-order valence-corrected chi connectivity index (χ1v) is 12.6. The average Bonchev–Trinajstić information content (AvgIpc) is 2.64. The average molecular weight is 491 g/mol. The van der Waals surface area contributed by atoms with E-state index in [-0.39, 0.29) is 11.8 Å². The van der Waals surface area contributed by atoms with Crippen molar-refractivity contribution < 1.29 is 35.3 Å². The number of alkyl halides is 3. The molecule has 1 aromatic rings. The number of ether oxygens (including phenoxy) is 1. The molecule has 1 saturated heterocycles. The van der Waals surface area contributed by atoms with Crippen LogP contribution in [-0.4, -0.2) is 42.0 Å². The van der Waals surface area contributed by atoms with Crippen LogP contribution in [0.4, 0.5) is 18.0 Å². The Morgan fingerprint density at radius 2 is 1.94 bits per heavy atom. The number of hydrogen-bond donors (Lipinski definition) is 0. The lowest BCUT2D eigenvalue weighted by Crippen LogP contribution is -2.64. The van der Waals surface area contributed by atoms with E-state index in [4.69, 9.17) is 4.74 Å². The number of fused-ring (bicyclic) bond motifs is 1. The fraction of sp³-hybridized carbons (Fsp3) is 0.727. The zero-order valence-corrected chi connectivity index (χ0v) is 19.9. The topological polar surface area (TPSA) is 85.8 Å². The minimum absolute atomic E-state index is 0.174. The third kappa shape index (κ3) is 4.17. The second-order valence-corrected chi connectivity index (χ2v) is 12.0. The molecule has 33 heavy (non-hydrogen) atoms. The molecular weight excluding hydrogens is 461 g/mol. The van der Waals surface area contributed by atoms with Gasteiger partial charge in [0.2, 0.25) is 5.88 Å². The number of pyridine rings is 1. The molecule has 11 heteroatoms. The van der Waals surface area contributed by atoms with Gasteiger partial charge >= 0.3 is 21.7 Å². The first-order chi connectivity index (χ1) is 15.1. The highest BCUT2D eigenvalue weighted by Crippen LogP contribution is 2.59. The van der Waals surface area contributed by atoms with Gasteiger partial charge in [-0.3, -0.25) is 4.90 Å². The second-order valence-electron chi connectivity index (χ2n) is 10.4. The van der Waals surface area contributed by atoms with E-state index in [1.54, 1.807) is 31.7 Å². The van der Waals surface area contributed by atoms with Crippen molar-refractivity contribution in [3.8, 4) is 5.88 Å². The van der Waals surface area contributed by atoms with Crippen LogP contribution in [0.25, 0.3) is 0 Å². The third-order valence-corrected chi connectivity index (χ3v) is 7.85. The van der Waals surface area contributed by atoms with Crippen LogP contribution in [0, 0.1) is 17.8 Å². The van der Waals surface area contributed by atoms with E-state index in [1.165, 1.54) is 0 Å². The van der Waals surface area contributed by atoms with Crippen molar-refractivity contribution in [1.82, 2.24) is 9.88 Å². The number of carbonyl (C=O) groups excluding carboxylic acids is 1. The van der Waals surface area contributed by atoms with Gasteiger partial charge in [0, 0.05) is 12.6 Å². The molecule has 2 fully saturated rings. The minimum atomic E-state index is -5.82. The maximum atomic E-state index is 13.3. The Hall–Kier alpha value is -2.04. The van der Waals surface area contributed by atoms with Crippen LogP contribution in [0.2, 0.25) is 0 Å². The molecule has 0 aromatic carbocycles. The largest absolute Gasteiger partial charge is 0.534 e. The summed E-state index contributed by atoms with van der Waals surface area (Å²) in [6.07, 6.45) is 3.43. The standard InChI is InChI=1S/C22H29F3N2O5S/c1-13-10-14-11-17-16(7-8-18(26-17)32-33(29,30)22(23,24)25)21(12-13)15(14)6-5-9-27(21)19(28)31-20(2,3)4/h7-8,13-15H,5-6,9-12H2,1-4H3/t13-,14+,15-,21-/m1/s1. The molecule has 7 nitrogen and oxygen atoms in total. The lowest BCUT2D eigenvalue weighted by Gasteiger charge is -2.61. The number of nitrogens with zero attached hydrogens (tertiary/aromatic N) is 2. The number of hydrogen-bond acceptors (Lipinski definition) is 6. The normalized spacial score (nSPS) is 29.7. The maximum absolute atomic E-state index is 13.3. The summed E-state index contributed by atoms with van der Waals surface area (Å²) in [5.74, 6) is 0.0547. The summed E-state index contributed by atoms with van der Waals surface area (Å²) in [6, 6.07) is 2.73. The van der Waals surface area contributed by atoms with E-state index >= 15 is 0 Å². The molecule has 1 aliphatic heterocycles. The molecule has 2 bridgehead atoms. The van der Waals surface area contributed by atoms with Gasteiger partial charge in [0.15, 0.2) is 0 Å². The van der Waals surface area contributed by atoms with Crippen molar-refractivity contribution in [1.29, 1.82) is 0 Å². The number of amides is 1. The first-order valence-electron chi connectivity index (χ1n) is 11.2. The van der Waals surface area contributed by atoms with Gasteiger partial charge in [0.25, 0.3) is 0 Å². The van der Waals surface area contributed by atoms with Gasteiger partial charge in [-0.2, -0.15) is 21.6 Å². The Morgan fingerprint density at radius 3 is 2.58 bits per heavy atom. The molecule has 184 valence electrons. The number of aromatic nitrogens is 1. The Bertz CT molecular complexity index is 1050. The number of rotatable bonds is 2. The summed E-state index contributed by atoms with van der Waals surface area (Å²) < 4.78 is 71.3. The van der Waals surface area contributed by atoms with Gasteiger partial charge in [-0.15, -0.1) is 0 Å². The molecular formula is C22H29F3N2O5S. The van der Waals surface area contributed by atoms with E-state index < -0.39 is 38.7 Å². The van der Waals surface area contributed by atoms with E-state index in [9.17, 15) is 26.4 Å². The summed E-state index contributed by atoms with van der Waals surface area (Å²) in [4.78, 5) is 19.3. The lowest BCUT2D eigenvalue weighted by atomic mass is 9.53. The lowest BCUT2D eigenvalue weighted by molar-refractivity contribution is -0.0934. The van der Waals surface area contributed by atoms with Crippen LogP contribution in [0.3, 0.4) is 0 Å². The molecule has 2 aliphatic carbocycles. The zero-order valence-electron chi connectivity index (χ0n) is 19.1. The molecule has 0 N–H and O–H groups in total. The third-order valence-electron chi connectivity index (χ3n) is 6.89. The van der Waals surface area contributed by atoms with E-state index in [1.807, 2.05) is 0 Å². The smallest absolute Gasteiger partial charge is 0.444 e. The van der Waals surface area contributed by atoms with Crippen LogP contribution in [0.15, 0.2) is 12.1 Å². The fourth-order valence-electron chi connectivity index (χ4n) is 6.03. The van der Waals surface area contributed by atoms with Crippen molar-refractivity contribution in [3.63, 3.8) is 0 Å². The van der Waals surface area contributed by atoms with Gasteiger partial charge in [0.05, 0.1) is 11.2 Å². The first kappa shape index (κ1) is 24.1. The predicted molar refractivity (Wildman–Crippen MR) is 113 cm³/mol. The molecule has 1 amide bonds. The number of piperidine rings is 1. The van der Waals surface area contributed by atoms with E-state index in [0.717, 1.165) is 30.9 Å². The van der Waals surface area contributed by atoms with E-state index in [2.05, 4.69) is 16.1 Å². The SMILES string of the molecule is C[C@@H]1C[C@H]2Cc3nc(OS(=O)(=O)C(F)(F)F)ccc3[C@@]3(C1)[C@@H]2CCCN3C(=O)OC(C)(C)C. The molecule has 2 heterocycles. The number of halogens is 3. The predicted octanol–water partition coefficient (Wildman–Crippen LogP) is 4.75. The molecule has 0 spiro atoms. The zero-order chi connectivity index (χ0) is 24.4. The molecule has 3 aliphatic rings. The van der Waals surface area contributed by atoms with Crippen LogP contribution < -0.4 is 4.18 Å². The Labute approximate surface area is 191 Å². The molecule has 4 atom stereocenters. The molecule has 1 saturated carbocycles.